The average Bonchev–Trinajstić information content (AvgIpc) is 2.76. The monoisotopic (exact) mass is 429 g/mol. The Hall–Kier alpha value is -3.85. The summed E-state index contributed by atoms with van der Waals surface area (Å²) in [5.74, 6) is -1.42. The Labute approximate surface area is 185 Å². The van der Waals surface area contributed by atoms with Crippen LogP contribution in [0.3, 0.4) is 0 Å². The average molecular weight is 429 g/mol. The van der Waals surface area contributed by atoms with Gasteiger partial charge < -0.3 is 5.32 Å². The molecule has 4 rings (SSSR count). The van der Waals surface area contributed by atoms with Gasteiger partial charge in [-0.15, -0.1) is 0 Å². The van der Waals surface area contributed by atoms with Crippen LogP contribution in [0.5, 0.6) is 0 Å². The molecule has 1 N–H and O–H groups in total. The van der Waals surface area contributed by atoms with Gasteiger partial charge in [0, 0.05) is 29.1 Å². The minimum absolute atomic E-state index is 0.117. The summed E-state index contributed by atoms with van der Waals surface area (Å²) in [5.41, 5.74) is 3.90. The quantitative estimate of drug-likeness (QED) is 0.768. The second-order valence-corrected chi connectivity index (χ2v) is 7.85. The lowest BCUT2D eigenvalue weighted by atomic mass is 9.91. The maximum Gasteiger partial charge on any atom is 0.184 e. The van der Waals surface area contributed by atoms with E-state index in [0.717, 1.165) is 17.3 Å². The molecule has 0 amide bonds. The van der Waals surface area contributed by atoms with Gasteiger partial charge in [-0.1, -0.05) is 24.3 Å². The fraction of sp³-hybridized carbons (Fsp3) is 0.192. The summed E-state index contributed by atoms with van der Waals surface area (Å²) in [6.45, 7) is 1.79. The van der Waals surface area contributed by atoms with Crippen LogP contribution in [-0.2, 0) is 11.2 Å². The summed E-state index contributed by atoms with van der Waals surface area (Å²) < 4.78 is 27.8. The summed E-state index contributed by atoms with van der Waals surface area (Å²) in [4.78, 5) is 17.4. The van der Waals surface area contributed by atoms with Gasteiger partial charge in [0.1, 0.15) is 17.7 Å². The molecular formula is C26H21F2N3O. The number of carbonyl (C=O) groups is 1. The number of carbonyl (C=O) groups excluding carboxylic acids is 1. The third-order valence-corrected chi connectivity index (χ3v) is 5.51. The lowest BCUT2D eigenvalue weighted by Crippen LogP contribution is -2.46. The minimum atomic E-state index is -0.661. The first-order valence-electron chi connectivity index (χ1n) is 10.3. The van der Waals surface area contributed by atoms with Crippen molar-refractivity contribution in [2.45, 2.75) is 31.8 Å². The van der Waals surface area contributed by atoms with Gasteiger partial charge in [0.2, 0.25) is 0 Å². The molecule has 0 aromatic heterocycles. The number of hydrogen-bond acceptors (Lipinski definition) is 4. The standard InChI is InChI=1S/C26H21F2N3O/c1-16-2-8-19(22-11-9-20(27)13-23(22)28)12-24-26(30-16)25(32)14-21(31-24)10-7-17-3-5-18(15-29)6-4-17/h2-6,8-9,11-14,24,26,31H,7,10H2,1H3/b8-2?,19-12-,30-16?. The van der Waals surface area contributed by atoms with Gasteiger partial charge in [0.05, 0.1) is 17.7 Å². The maximum atomic E-state index is 14.4. The van der Waals surface area contributed by atoms with Gasteiger partial charge in [-0.05, 0) is 61.2 Å². The van der Waals surface area contributed by atoms with E-state index in [1.165, 1.54) is 12.1 Å². The number of nitriles is 1. The first-order chi connectivity index (χ1) is 15.4. The van der Waals surface area contributed by atoms with E-state index in [1.54, 1.807) is 43.4 Å². The van der Waals surface area contributed by atoms with Crippen molar-refractivity contribution in [3.05, 3.63) is 101 Å². The highest BCUT2D eigenvalue weighted by Crippen LogP contribution is 2.26. The van der Waals surface area contributed by atoms with Gasteiger partial charge in [0.15, 0.2) is 5.78 Å². The normalized spacial score (nSPS) is 21.7. The summed E-state index contributed by atoms with van der Waals surface area (Å²) in [6.07, 6.45) is 8.11. The predicted octanol–water partition coefficient (Wildman–Crippen LogP) is 4.68. The van der Waals surface area contributed by atoms with Crippen LogP contribution in [0.15, 0.2) is 77.5 Å². The van der Waals surface area contributed by atoms with Crippen LogP contribution in [0.2, 0.25) is 0 Å². The maximum absolute atomic E-state index is 14.4. The van der Waals surface area contributed by atoms with Gasteiger partial charge >= 0.3 is 0 Å². The number of ketones is 1. The topological polar surface area (TPSA) is 65.2 Å². The Morgan fingerprint density at radius 2 is 1.88 bits per heavy atom. The van der Waals surface area contributed by atoms with Gasteiger partial charge in [-0.25, -0.2) is 8.78 Å². The zero-order valence-electron chi connectivity index (χ0n) is 17.5. The number of nitrogens with one attached hydrogen (secondary N) is 1. The van der Waals surface area contributed by atoms with Crippen LogP contribution < -0.4 is 5.32 Å². The largest absolute Gasteiger partial charge is 0.379 e. The molecule has 6 heteroatoms. The number of rotatable bonds is 4. The van der Waals surface area contributed by atoms with E-state index in [9.17, 15) is 13.6 Å². The summed E-state index contributed by atoms with van der Waals surface area (Å²) in [7, 11) is 0. The SMILES string of the molecule is CC1=NC2C(=O)C=C(CCc3ccc(C#N)cc3)NC2/C=C(\c2ccc(F)cc2F)C=C1. The van der Waals surface area contributed by atoms with Crippen molar-refractivity contribution < 1.29 is 13.6 Å². The zero-order valence-corrected chi connectivity index (χ0v) is 17.5. The molecule has 2 unspecified atom stereocenters. The highest BCUT2D eigenvalue weighted by atomic mass is 19.1. The number of aryl methyl sites for hydroxylation is 1. The van der Waals surface area contributed by atoms with E-state index in [4.69, 9.17) is 5.26 Å². The van der Waals surface area contributed by atoms with Gasteiger partial charge in [-0.2, -0.15) is 5.26 Å². The van der Waals surface area contributed by atoms with E-state index in [-0.39, 0.29) is 11.3 Å². The molecule has 2 heterocycles. The van der Waals surface area contributed by atoms with Crippen LogP contribution in [-0.4, -0.2) is 23.6 Å². The third kappa shape index (κ3) is 4.73. The Morgan fingerprint density at radius 1 is 1.09 bits per heavy atom. The van der Waals surface area contributed by atoms with E-state index < -0.39 is 23.7 Å². The molecule has 2 aromatic carbocycles. The Balaban J connectivity index is 1.60. The van der Waals surface area contributed by atoms with Crippen LogP contribution in [0, 0.1) is 23.0 Å². The molecule has 2 aromatic rings. The number of hydrogen-bond donors (Lipinski definition) is 1. The smallest absolute Gasteiger partial charge is 0.184 e. The lowest BCUT2D eigenvalue weighted by Gasteiger charge is -2.30. The molecule has 0 saturated heterocycles. The molecule has 0 fully saturated rings. The molecule has 4 nitrogen and oxygen atoms in total. The van der Waals surface area contributed by atoms with Gasteiger partial charge in [0.25, 0.3) is 0 Å². The van der Waals surface area contributed by atoms with Crippen molar-refractivity contribution in [3.8, 4) is 6.07 Å². The second-order valence-electron chi connectivity index (χ2n) is 7.85. The van der Waals surface area contributed by atoms with E-state index in [0.29, 0.717) is 29.7 Å². The zero-order chi connectivity index (χ0) is 22.7. The second kappa shape index (κ2) is 9.11. The van der Waals surface area contributed by atoms with Gasteiger partial charge in [-0.3, -0.25) is 9.79 Å². The molecule has 0 saturated carbocycles. The Bertz CT molecular complexity index is 1220. The van der Waals surface area contributed by atoms with E-state index in [2.05, 4.69) is 16.4 Å². The number of benzene rings is 2. The van der Waals surface area contributed by atoms with Crippen molar-refractivity contribution >= 4 is 17.1 Å². The van der Waals surface area contributed by atoms with Crippen LogP contribution >= 0.6 is 0 Å². The highest BCUT2D eigenvalue weighted by molar-refractivity contribution is 6.02. The number of aliphatic imine (C=N–C) groups is 1. The van der Waals surface area contributed by atoms with E-state index in [1.807, 2.05) is 12.1 Å². The molecule has 0 bridgehead atoms. The first-order valence-corrected chi connectivity index (χ1v) is 10.3. The predicted molar refractivity (Wildman–Crippen MR) is 120 cm³/mol. The van der Waals surface area contributed by atoms with Crippen molar-refractivity contribution in [1.29, 1.82) is 5.26 Å². The first kappa shape index (κ1) is 21.4. The lowest BCUT2D eigenvalue weighted by molar-refractivity contribution is -0.116. The Morgan fingerprint density at radius 3 is 2.59 bits per heavy atom. The minimum Gasteiger partial charge on any atom is -0.379 e. The van der Waals surface area contributed by atoms with Crippen molar-refractivity contribution in [3.63, 3.8) is 0 Å². The third-order valence-electron chi connectivity index (χ3n) is 5.51. The Kier molecular flexibility index (Phi) is 6.09. The number of fused-ring (bicyclic) bond motifs is 1. The molecule has 32 heavy (non-hydrogen) atoms. The van der Waals surface area contributed by atoms with Crippen LogP contribution in [0.1, 0.15) is 30.0 Å². The molecule has 0 aliphatic carbocycles. The number of allylic oxidation sites excluding steroid dienone is 4. The summed E-state index contributed by atoms with van der Waals surface area (Å²) >= 11 is 0. The molecular weight excluding hydrogens is 408 g/mol. The van der Waals surface area contributed by atoms with Crippen molar-refractivity contribution in [1.82, 2.24) is 5.32 Å². The van der Waals surface area contributed by atoms with Crippen molar-refractivity contribution in [2.75, 3.05) is 0 Å². The fourth-order valence-corrected chi connectivity index (χ4v) is 3.84. The van der Waals surface area contributed by atoms with Crippen LogP contribution in [0.4, 0.5) is 8.78 Å². The number of halogens is 2. The fourth-order valence-electron chi connectivity index (χ4n) is 3.84. The highest BCUT2D eigenvalue weighted by Gasteiger charge is 2.31. The molecule has 0 radical (unpaired) electrons. The summed E-state index contributed by atoms with van der Waals surface area (Å²) in [6, 6.07) is 11.8. The van der Waals surface area contributed by atoms with Crippen molar-refractivity contribution in [2.24, 2.45) is 4.99 Å². The molecule has 160 valence electrons. The summed E-state index contributed by atoms with van der Waals surface area (Å²) in [5, 5.41) is 12.3. The molecule has 2 atom stereocenters. The number of nitrogens with zero attached hydrogens (tertiary/aromatic N) is 2. The van der Waals surface area contributed by atoms with E-state index >= 15 is 0 Å². The molecule has 2 aliphatic rings. The van der Waals surface area contributed by atoms with Crippen LogP contribution in [0.25, 0.3) is 5.57 Å². The molecule has 0 spiro atoms. The molecule has 2 aliphatic heterocycles.